The summed E-state index contributed by atoms with van der Waals surface area (Å²) in [5.41, 5.74) is 10.0. The average molecular weight is 391 g/mol. The Kier molecular flexibility index (Phi) is 6.41. The first-order valence-electron chi connectivity index (χ1n) is 9.26. The molecule has 2 heterocycles. The molecule has 1 amide bonds. The van der Waals surface area contributed by atoms with Crippen molar-refractivity contribution in [1.82, 2.24) is 20.2 Å². The van der Waals surface area contributed by atoms with Gasteiger partial charge in [-0.25, -0.2) is 4.98 Å². The maximum absolute atomic E-state index is 12.4. The van der Waals surface area contributed by atoms with Gasteiger partial charge in [-0.3, -0.25) is 9.78 Å². The number of hydrogen-bond donors (Lipinski definition) is 2. The maximum atomic E-state index is 12.4. The lowest BCUT2D eigenvalue weighted by Gasteiger charge is -2.12. The monoisotopic (exact) mass is 391 g/mol. The van der Waals surface area contributed by atoms with Gasteiger partial charge in [0.25, 0.3) is 5.91 Å². The first-order chi connectivity index (χ1) is 14.0. The van der Waals surface area contributed by atoms with E-state index < -0.39 is 0 Å². The Morgan fingerprint density at radius 1 is 1.10 bits per heavy atom. The summed E-state index contributed by atoms with van der Waals surface area (Å²) >= 11 is 0. The van der Waals surface area contributed by atoms with E-state index in [1.54, 1.807) is 31.8 Å². The summed E-state index contributed by atoms with van der Waals surface area (Å²) in [6.07, 6.45) is 5.05. The molecular formula is C22H25N5O2. The summed E-state index contributed by atoms with van der Waals surface area (Å²) in [5, 5.41) is 2.93. The van der Waals surface area contributed by atoms with Crippen molar-refractivity contribution in [2.75, 3.05) is 40.0 Å². The number of nitrogen functional groups attached to an aromatic ring is 1. The van der Waals surface area contributed by atoms with Crippen LogP contribution >= 0.6 is 0 Å². The molecule has 7 heteroatoms. The number of carbonyl (C=O) groups is 1. The lowest BCUT2D eigenvalue weighted by Crippen LogP contribution is -2.31. The molecule has 7 nitrogen and oxygen atoms in total. The number of pyridine rings is 2. The molecular weight excluding hydrogens is 366 g/mol. The van der Waals surface area contributed by atoms with Gasteiger partial charge in [0.2, 0.25) is 0 Å². The third-order valence-electron chi connectivity index (χ3n) is 4.48. The van der Waals surface area contributed by atoms with Gasteiger partial charge in [-0.05, 0) is 43.9 Å². The van der Waals surface area contributed by atoms with Gasteiger partial charge in [0.1, 0.15) is 11.6 Å². The Bertz CT molecular complexity index is 1000. The Morgan fingerprint density at radius 2 is 1.93 bits per heavy atom. The smallest absolute Gasteiger partial charge is 0.251 e. The summed E-state index contributed by atoms with van der Waals surface area (Å²) in [7, 11) is 5.53. The summed E-state index contributed by atoms with van der Waals surface area (Å²) in [5.74, 6) is 0.944. The highest BCUT2D eigenvalue weighted by Gasteiger charge is 2.11. The molecule has 0 aliphatic carbocycles. The van der Waals surface area contributed by atoms with Gasteiger partial charge in [-0.15, -0.1) is 0 Å². The van der Waals surface area contributed by atoms with E-state index in [1.807, 2.05) is 49.3 Å². The molecule has 0 spiro atoms. The molecule has 0 atom stereocenters. The molecule has 3 N–H and O–H groups in total. The van der Waals surface area contributed by atoms with Gasteiger partial charge < -0.3 is 20.7 Å². The van der Waals surface area contributed by atoms with Crippen molar-refractivity contribution in [2.24, 2.45) is 0 Å². The van der Waals surface area contributed by atoms with Gasteiger partial charge in [-0.1, -0.05) is 12.1 Å². The van der Waals surface area contributed by atoms with Gasteiger partial charge in [0, 0.05) is 47.7 Å². The zero-order chi connectivity index (χ0) is 20.8. The minimum Gasteiger partial charge on any atom is -0.495 e. The number of amides is 1. The summed E-state index contributed by atoms with van der Waals surface area (Å²) in [6.45, 7) is 1.37. The van der Waals surface area contributed by atoms with Gasteiger partial charge >= 0.3 is 0 Å². The number of carbonyl (C=O) groups excluding carboxylic acids is 1. The minimum atomic E-state index is -0.102. The number of anilines is 1. The number of nitrogens with one attached hydrogen (secondary N) is 1. The molecule has 150 valence electrons. The van der Waals surface area contributed by atoms with Crippen LogP contribution in [0.1, 0.15) is 10.4 Å². The van der Waals surface area contributed by atoms with Gasteiger partial charge in [0.05, 0.1) is 13.3 Å². The Labute approximate surface area is 170 Å². The molecule has 0 radical (unpaired) electrons. The summed E-state index contributed by atoms with van der Waals surface area (Å²) < 4.78 is 5.25. The fourth-order valence-electron chi connectivity index (χ4n) is 2.88. The summed E-state index contributed by atoms with van der Waals surface area (Å²) in [6, 6.07) is 11.3. The maximum Gasteiger partial charge on any atom is 0.251 e. The third kappa shape index (κ3) is 5.08. The normalized spacial score (nSPS) is 10.8. The standard InChI is InChI=1S/C22H25N5O2/c1-27(2)8-7-25-22(28)16-6-4-5-15(9-16)17-11-20(21(23)26-13-17)18-10-19(29-3)14-24-12-18/h4-6,9-14H,7-8H2,1-3H3,(H2,23,26)(H,25,28). The van der Waals surface area contributed by atoms with Gasteiger partial charge in [0.15, 0.2) is 0 Å². The molecule has 0 aliphatic heterocycles. The Hall–Kier alpha value is -3.45. The number of likely N-dealkylation sites (N-methyl/N-ethyl adjacent to an activating group) is 1. The molecule has 2 aromatic heterocycles. The van der Waals surface area contributed by atoms with Crippen molar-refractivity contribution >= 4 is 11.7 Å². The van der Waals surface area contributed by atoms with Crippen LogP contribution < -0.4 is 15.8 Å². The van der Waals surface area contributed by atoms with E-state index in [4.69, 9.17) is 10.5 Å². The second-order valence-corrected chi connectivity index (χ2v) is 6.91. The number of aromatic nitrogens is 2. The fourth-order valence-corrected chi connectivity index (χ4v) is 2.88. The molecule has 0 fully saturated rings. The van der Waals surface area contributed by atoms with Crippen LogP contribution in [0.3, 0.4) is 0 Å². The molecule has 0 unspecified atom stereocenters. The van der Waals surface area contributed by atoms with Crippen molar-refractivity contribution in [2.45, 2.75) is 0 Å². The number of nitrogens with zero attached hydrogens (tertiary/aromatic N) is 3. The van der Waals surface area contributed by atoms with Crippen molar-refractivity contribution in [3.05, 3.63) is 60.6 Å². The SMILES string of the molecule is COc1cncc(-c2cc(-c3cccc(C(=O)NCCN(C)C)c3)cnc2N)c1. The second kappa shape index (κ2) is 9.16. The molecule has 3 rings (SSSR count). The third-order valence-corrected chi connectivity index (χ3v) is 4.48. The predicted octanol–water partition coefficient (Wildman–Crippen LogP) is 2.69. The number of ether oxygens (including phenoxy) is 1. The number of benzene rings is 1. The van der Waals surface area contributed by atoms with E-state index in [9.17, 15) is 4.79 Å². The fraction of sp³-hybridized carbons (Fsp3) is 0.227. The van der Waals surface area contributed by atoms with Crippen LogP contribution in [0.2, 0.25) is 0 Å². The molecule has 29 heavy (non-hydrogen) atoms. The minimum absolute atomic E-state index is 0.102. The van der Waals surface area contributed by atoms with E-state index in [-0.39, 0.29) is 5.91 Å². The number of hydrogen-bond acceptors (Lipinski definition) is 6. The first-order valence-corrected chi connectivity index (χ1v) is 9.26. The van der Waals surface area contributed by atoms with E-state index >= 15 is 0 Å². The molecule has 0 aliphatic rings. The van der Waals surface area contributed by atoms with Crippen LogP contribution in [0.5, 0.6) is 5.75 Å². The zero-order valence-corrected chi connectivity index (χ0v) is 16.8. The number of methoxy groups -OCH3 is 1. The van der Waals surface area contributed by atoms with Crippen LogP contribution in [0.15, 0.2) is 55.0 Å². The molecule has 0 bridgehead atoms. The average Bonchev–Trinajstić information content (AvgIpc) is 2.74. The lowest BCUT2D eigenvalue weighted by molar-refractivity contribution is 0.0951. The highest BCUT2D eigenvalue weighted by atomic mass is 16.5. The van der Waals surface area contributed by atoms with Crippen molar-refractivity contribution in [1.29, 1.82) is 0 Å². The van der Waals surface area contributed by atoms with Crippen molar-refractivity contribution in [3.8, 4) is 28.0 Å². The summed E-state index contributed by atoms with van der Waals surface area (Å²) in [4.78, 5) is 23.0. The Balaban J connectivity index is 1.88. The topological polar surface area (TPSA) is 93.4 Å². The van der Waals surface area contributed by atoms with E-state index in [1.165, 1.54) is 0 Å². The number of rotatable bonds is 7. The first kappa shape index (κ1) is 20.3. The Morgan fingerprint density at radius 3 is 2.69 bits per heavy atom. The molecule has 1 aromatic carbocycles. The quantitative estimate of drug-likeness (QED) is 0.643. The van der Waals surface area contributed by atoms with Crippen LogP contribution in [-0.4, -0.2) is 55.1 Å². The molecule has 3 aromatic rings. The lowest BCUT2D eigenvalue weighted by atomic mass is 10.0. The van der Waals surface area contributed by atoms with Crippen LogP contribution in [-0.2, 0) is 0 Å². The van der Waals surface area contributed by atoms with Crippen LogP contribution in [0.25, 0.3) is 22.3 Å². The predicted molar refractivity (Wildman–Crippen MR) is 115 cm³/mol. The largest absolute Gasteiger partial charge is 0.495 e. The van der Waals surface area contributed by atoms with Crippen molar-refractivity contribution in [3.63, 3.8) is 0 Å². The van der Waals surface area contributed by atoms with Crippen LogP contribution in [0, 0.1) is 0 Å². The highest BCUT2D eigenvalue weighted by molar-refractivity contribution is 5.95. The van der Waals surface area contributed by atoms with E-state index in [0.717, 1.165) is 28.8 Å². The second-order valence-electron chi connectivity index (χ2n) is 6.91. The van der Waals surface area contributed by atoms with Crippen LogP contribution in [0.4, 0.5) is 5.82 Å². The van der Waals surface area contributed by atoms with E-state index in [0.29, 0.717) is 23.7 Å². The highest BCUT2D eigenvalue weighted by Crippen LogP contribution is 2.31. The zero-order valence-electron chi connectivity index (χ0n) is 16.8. The molecule has 0 saturated heterocycles. The van der Waals surface area contributed by atoms with Crippen molar-refractivity contribution < 1.29 is 9.53 Å². The molecule has 0 saturated carbocycles. The number of nitrogens with two attached hydrogens (primary N) is 1. The van der Waals surface area contributed by atoms with E-state index in [2.05, 4.69) is 15.3 Å². The van der Waals surface area contributed by atoms with Gasteiger partial charge in [-0.2, -0.15) is 0 Å².